The molecule has 6 heteroatoms. The summed E-state index contributed by atoms with van der Waals surface area (Å²) in [5.41, 5.74) is 0. The number of esters is 3. The van der Waals surface area contributed by atoms with Gasteiger partial charge in [0.05, 0.1) is 0 Å². The topological polar surface area (TPSA) is 78.9 Å². The molecule has 1 atom stereocenters. The fraction of sp³-hybridized carbons (Fsp3) is 0.807. The molecular formula is C57H102O6. The van der Waals surface area contributed by atoms with Crippen molar-refractivity contribution in [2.24, 2.45) is 0 Å². The number of unbranched alkanes of at least 4 members (excludes halogenated alkanes) is 30. The van der Waals surface area contributed by atoms with Gasteiger partial charge < -0.3 is 14.2 Å². The SMILES string of the molecule is CCCCC/C=C\C/C=C\C/C=C\C/C=C\CCCCCC(=O)O[C@@H](COC(=O)CCCCCCCCCCCCC)COC(=O)CCCCCCCCCCCCCCCCC. The van der Waals surface area contributed by atoms with Crippen LogP contribution >= 0.6 is 0 Å². The van der Waals surface area contributed by atoms with Gasteiger partial charge in [0.15, 0.2) is 6.10 Å². The molecule has 0 aromatic heterocycles. The third kappa shape index (κ3) is 50.2. The Morgan fingerprint density at radius 3 is 0.921 bits per heavy atom. The Morgan fingerprint density at radius 1 is 0.317 bits per heavy atom. The van der Waals surface area contributed by atoms with Crippen LogP contribution in [0.3, 0.4) is 0 Å². The number of carbonyl (C=O) groups is 3. The third-order valence-electron chi connectivity index (χ3n) is 11.8. The molecule has 0 aliphatic heterocycles. The third-order valence-corrected chi connectivity index (χ3v) is 11.8. The van der Waals surface area contributed by atoms with Gasteiger partial charge in [-0.1, -0.05) is 243 Å². The summed E-state index contributed by atoms with van der Waals surface area (Å²) in [5, 5.41) is 0. The van der Waals surface area contributed by atoms with Gasteiger partial charge in [-0.3, -0.25) is 14.4 Å². The summed E-state index contributed by atoms with van der Waals surface area (Å²) in [4.78, 5) is 38.0. The standard InChI is InChI=1S/C57H102O6/c1-4-7-10-13-16-19-22-24-26-27-28-29-31-33-36-39-42-45-48-51-57(60)63-54(52-61-55(58)49-46-43-40-37-34-21-18-15-12-9-6-3)53-62-56(59)50-47-44-41-38-35-32-30-25-23-20-17-14-11-8-5-2/h16,19,24,26,28-29,33,36,54H,4-15,17-18,20-23,25,27,30-32,34-35,37-53H2,1-3H3/b19-16-,26-24-,29-28-,36-33-/t54-/m0/s1. The number of hydrogen-bond donors (Lipinski definition) is 0. The van der Waals surface area contributed by atoms with E-state index in [1.54, 1.807) is 0 Å². The number of rotatable bonds is 49. The highest BCUT2D eigenvalue weighted by molar-refractivity contribution is 5.71. The fourth-order valence-corrected chi connectivity index (χ4v) is 7.72. The van der Waals surface area contributed by atoms with Gasteiger partial charge in [0.25, 0.3) is 0 Å². The maximum Gasteiger partial charge on any atom is 0.306 e. The number of carbonyl (C=O) groups excluding carboxylic acids is 3. The number of hydrogen-bond acceptors (Lipinski definition) is 6. The zero-order valence-corrected chi connectivity index (χ0v) is 41.8. The van der Waals surface area contributed by atoms with Crippen LogP contribution in [-0.2, 0) is 28.6 Å². The van der Waals surface area contributed by atoms with Crippen LogP contribution in [0.5, 0.6) is 0 Å². The molecule has 0 aliphatic carbocycles. The van der Waals surface area contributed by atoms with Crippen molar-refractivity contribution in [2.45, 2.75) is 284 Å². The summed E-state index contributed by atoms with van der Waals surface area (Å²) in [6.07, 6.45) is 62.3. The Kier molecular flexibility index (Phi) is 49.8. The van der Waals surface area contributed by atoms with Crippen molar-refractivity contribution in [3.05, 3.63) is 48.6 Å². The van der Waals surface area contributed by atoms with Gasteiger partial charge >= 0.3 is 17.9 Å². The molecule has 0 saturated heterocycles. The lowest BCUT2D eigenvalue weighted by Crippen LogP contribution is -2.30. The summed E-state index contributed by atoms with van der Waals surface area (Å²) >= 11 is 0. The molecular weight excluding hydrogens is 781 g/mol. The van der Waals surface area contributed by atoms with Crippen LogP contribution in [0.1, 0.15) is 278 Å². The molecule has 0 bridgehead atoms. The zero-order chi connectivity index (χ0) is 45.8. The lowest BCUT2D eigenvalue weighted by Gasteiger charge is -2.18. The number of ether oxygens (including phenoxy) is 3. The van der Waals surface area contributed by atoms with E-state index in [9.17, 15) is 14.4 Å². The molecule has 0 unspecified atom stereocenters. The van der Waals surface area contributed by atoms with Gasteiger partial charge in [-0.05, 0) is 64.2 Å². The highest BCUT2D eigenvalue weighted by atomic mass is 16.6. The maximum atomic E-state index is 12.8. The quantitative estimate of drug-likeness (QED) is 0.0262. The molecule has 0 aromatic rings. The average molecular weight is 883 g/mol. The van der Waals surface area contributed by atoms with E-state index >= 15 is 0 Å². The van der Waals surface area contributed by atoms with Gasteiger partial charge in [0.1, 0.15) is 13.2 Å². The second kappa shape index (κ2) is 52.0. The predicted molar refractivity (Wildman–Crippen MR) is 270 cm³/mol. The highest BCUT2D eigenvalue weighted by Crippen LogP contribution is 2.16. The number of allylic oxidation sites excluding steroid dienone is 8. The molecule has 0 heterocycles. The highest BCUT2D eigenvalue weighted by Gasteiger charge is 2.19. The van der Waals surface area contributed by atoms with Crippen molar-refractivity contribution >= 4 is 17.9 Å². The summed E-state index contributed by atoms with van der Waals surface area (Å²) in [5.74, 6) is -0.902. The largest absolute Gasteiger partial charge is 0.462 e. The van der Waals surface area contributed by atoms with E-state index < -0.39 is 6.10 Å². The lowest BCUT2D eigenvalue weighted by atomic mass is 10.0. The molecule has 0 radical (unpaired) electrons. The van der Waals surface area contributed by atoms with Gasteiger partial charge in [-0.25, -0.2) is 0 Å². The first-order valence-electron chi connectivity index (χ1n) is 27.1. The van der Waals surface area contributed by atoms with Crippen molar-refractivity contribution < 1.29 is 28.6 Å². The minimum atomic E-state index is -0.785. The van der Waals surface area contributed by atoms with Crippen LogP contribution in [-0.4, -0.2) is 37.2 Å². The summed E-state index contributed by atoms with van der Waals surface area (Å²) in [6.45, 7) is 6.60. The first kappa shape index (κ1) is 60.4. The first-order chi connectivity index (χ1) is 31.0. The zero-order valence-electron chi connectivity index (χ0n) is 41.8. The van der Waals surface area contributed by atoms with E-state index in [0.717, 1.165) is 83.5 Å². The van der Waals surface area contributed by atoms with Crippen molar-refractivity contribution in [1.82, 2.24) is 0 Å². The Bertz CT molecular complexity index is 1110. The van der Waals surface area contributed by atoms with E-state index in [-0.39, 0.29) is 31.1 Å². The molecule has 0 amide bonds. The minimum absolute atomic E-state index is 0.0822. The van der Waals surface area contributed by atoms with Gasteiger partial charge in [-0.15, -0.1) is 0 Å². The van der Waals surface area contributed by atoms with Crippen molar-refractivity contribution in [3.8, 4) is 0 Å². The molecule has 63 heavy (non-hydrogen) atoms. The Labute approximate surface area is 390 Å². The van der Waals surface area contributed by atoms with E-state index in [0.29, 0.717) is 19.3 Å². The molecule has 0 rings (SSSR count). The van der Waals surface area contributed by atoms with E-state index in [1.807, 2.05) is 0 Å². The second-order valence-corrected chi connectivity index (χ2v) is 18.2. The summed E-state index contributed by atoms with van der Waals surface area (Å²) < 4.78 is 16.8. The minimum Gasteiger partial charge on any atom is -0.462 e. The molecule has 0 fully saturated rings. The molecule has 0 aromatic carbocycles. The Hall–Kier alpha value is -2.63. The van der Waals surface area contributed by atoms with E-state index in [1.165, 1.54) is 154 Å². The van der Waals surface area contributed by atoms with Crippen LogP contribution in [0, 0.1) is 0 Å². The smallest absolute Gasteiger partial charge is 0.306 e. The van der Waals surface area contributed by atoms with Crippen LogP contribution in [0.15, 0.2) is 48.6 Å². The monoisotopic (exact) mass is 883 g/mol. The lowest BCUT2D eigenvalue weighted by molar-refractivity contribution is -0.167. The van der Waals surface area contributed by atoms with Crippen molar-refractivity contribution in [3.63, 3.8) is 0 Å². The second-order valence-electron chi connectivity index (χ2n) is 18.2. The van der Waals surface area contributed by atoms with Crippen molar-refractivity contribution in [1.29, 1.82) is 0 Å². The van der Waals surface area contributed by atoms with Crippen LogP contribution in [0.4, 0.5) is 0 Å². The molecule has 0 aliphatic rings. The molecule has 0 N–H and O–H groups in total. The van der Waals surface area contributed by atoms with Crippen LogP contribution in [0.25, 0.3) is 0 Å². The summed E-state index contributed by atoms with van der Waals surface area (Å²) in [7, 11) is 0. The Balaban J connectivity index is 4.40. The average Bonchev–Trinajstić information content (AvgIpc) is 3.28. The Morgan fingerprint density at radius 2 is 0.571 bits per heavy atom. The molecule has 0 saturated carbocycles. The summed E-state index contributed by atoms with van der Waals surface area (Å²) in [6, 6.07) is 0. The van der Waals surface area contributed by atoms with Gasteiger partial charge in [0.2, 0.25) is 0 Å². The first-order valence-corrected chi connectivity index (χ1v) is 27.1. The van der Waals surface area contributed by atoms with Crippen molar-refractivity contribution in [2.75, 3.05) is 13.2 Å². The maximum absolute atomic E-state index is 12.8. The fourth-order valence-electron chi connectivity index (χ4n) is 7.72. The molecule has 6 nitrogen and oxygen atoms in total. The van der Waals surface area contributed by atoms with Gasteiger partial charge in [0, 0.05) is 19.3 Å². The van der Waals surface area contributed by atoms with E-state index in [4.69, 9.17) is 14.2 Å². The predicted octanol–water partition coefficient (Wildman–Crippen LogP) is 17.9. The molecule has 366 valence electrons. The normalized spacial score (nSPS) is 12.4. The van der Waals surface area contributed by atoms with Crippen LogP contribution < -0.4 is 0 Å². The van der Waals surface area contributed by atoms with Gasteiger partial charge in [-0.2, -0.15) is 0 Å². The van der Waals surface area contributed by atoms with Crippen LogP contribution in [0.2, 0.25) is 0 Å². The van der Waals surface area contributed by atoms with E-state index in [2.05, 4.69) is 69.4 Å². The molecule has 0 spiro atoms.